The number of amides is 3. The number of hydrogen-bond acceptors (Lipinski definition) is 5. The summed E-state index contributed by atoms with van der Waals surface area (Å²) in [7, 11) is 1.73. The number of carbonyl (C=O) groups is 3. The summed E-state index contributed by atoms with van der Waals surface area (Å²) < 4.78 is 6.10. The first-order chi connectivity index (χ1) is 15.0. The third-order valence-electron chi connectivity index (χ3n) is 5.89. The molecule has 7 nitrogen and oxygen atoms in total. The van der Waals surface area contributed by atoms with Crippen LogP contribution in [0.4, 0.5) is 5.69 Å². The molecule has 0 radical (unpaired) electrons. The second-order valence-electron chi connectivity index (χ2n) is 7.95. The smallest absolute Gasteiger partial charge is 0.260 e. The lowest BCUT2D eigenvalue weighted by atomic mass is 9.98. The van der Waals surface area contributed by atoms with Gasteiger partial charge < -0.3 is 14.5 Å². The average molecular weight is 421 g/mol. The Morgan fingerprint density at radius 2 is 1.87 bits per heavy atom. The standard InChI is InChI=1S/C24H27N3O4/c1-3-26-16-18(31-21-11-7-6-10-20(21)26)15-25(2)22(28)12-13-27-23(29)14-17-8-4-5-9-19(17)24(27)30/h4-11,18H,3,12-16H2,1-2H3/t18-/m1/s1. The monoisotopic (exact) mass is 421 g/mol. The Morgan fingerprint density at radius 1 is 1.13 bits per heavy atom. The van der Waals surface area contributed by atoms with Crippen LogP contribution >= 0.6 is 0 Å². The number of ether oxygens (including phenoxy) is 1. The van der Waals surface area contributed by atoms with Gasteiger partial charge in [0.2, 0.25) is 11.8 Å². The van der Waals surface area contributed by atoms with E-state index in [4.69, 9.17) is 4.74 Å². The van der Waals surface area contributed by atoms with Crippen molar-refractivity contribution in [3.63, 3.8) is 0 Å². The van der Waals surface area contributed by atoms with E-state index < -0.39 is 0 Å². The quantitative estimate of drug-likeness (QED) is 0.670. The minimum atomic E-state index is -0.326. The van der Waals surface area contributed by atoms with Gasteiger partial charge in [-0.15, -0.1) is 0 Å². The third kappa shape index (κ3) is 4.26. The highest BCUT2D eigenvalue weighted by Crippen LogP contribution is 2.32. The topological polar surface area (TPSA) is 70.2 Å². The number of para-hydroxylation sites is 2. The van der Waals surface area contributed by atoms with Crippen molar-refractivity contribution in [2.75, 3.05) is 38.1 Å². The van der Waals surface area contributed by atoms with Crippen molar-refractivity contribution in [3.05, 3.63) is 59.7 Å². The van der Waals surface area contributed by atoms with Crippen molar-refractivity contribution < 1.29 is 19.1 Å². The average Bonchev–Trinajstić information content (AvgIpc) is 2.78. The lowest BCUT2D eigenvalue weighted by Crippen LogP contribution is -2.48. The molecular weight excluding hydrogens is 394 g/mol. The minimum absolute atomic E-state index is 0.0879. The van der Waals surface area contributed by atoms with Crippen molar-refractivity contribution in [3.8, 4) is 5.75 Å². The van der Waals surface area contributed by atoms with Crippen LogP contribution in [0.3, 0.4) is 0 Å². The summed E-state index contributed by atoms with van der Waals surface area (Å²) in [6.07, 6.45) is 0.138. The molecule has 2 heterocycles. The van der Waals surface area contributed by atoms with Gasteiger partial charge in [0.05, 0.1) is 25.2 Å². The molecule has 2 aliphatic rings. The molecule has 0 fully saturated rings. The van der Waals surface area contributed by atoms with Gasteiger partial charge in [-0.05, 0) is 30.7 Å². The van der Waals surface area contributed by atoms with Gasteiger partial charge in [0, 0.05) is 32.1 Å². The fourth-order valence-corrected chi connectivity index (χ4v) is 4.21. The number of likely N-dealkylation sites (N-methyl/N-ethyl adjacent to an activating group) is 2. The molecule has 0 aromatic heterocycles. The first-order valence-electron chi connectivity index (χ1n) is 10.6. The number of hydrogen-bond donors (Lipinski definition) is 0. The van der Waals surface area contributed by atoms with Gasteiger partial charge in [-0.1, -0.05) is 30.3 Å². The summed E-state index contributed by atoms with van der Waals surface area (Å²) in [5.74, 6) is 0.118. The van der Waals surface area contributed by atoms with E-state index in [1.54, 1.807) is 30.1 Å². The molecule has 0 aliphatic carbocycles. The molecule has 2 aliphatic heterocycles. The summed E-state index contributed by atoms with van der Waals surface area (Å²) in [6, 6.07) is 15.0. The van der Waals surface area contributed by atoms with Crippen molar-refractivity contribution in [2.24, 2.45) is 0 Å². The molecule has 4 rings (SSSR count). The van der Waals surface area contributed by atoms with Crippen LogP contribution in [0, 0.1) is 0 Å². The number of fused-ring (bicyclic) bond motifs is 2. The van der Waals surface area contributed by atoms with Gasteiger partial charge in [-0.2, -0.15) is 0 Å². The van der Waals surface area contributed by atoms with Crippen LogP contribution in [-0.2, 0) is 16.0 Å². The maximum Gasteiger partial charge on any atom is 0.260 e. The van der Waals surface area contributed by atoms with E-state index >= 15 is 0 Å². The Labute approximate surface area is 182 Å². The van der Waals surface area contributed by atoms with Crippen LogP contribution < -0.4 is 9.64 Å². The third-order valence-corrected chi connectivity index (χ3v) is 5.89. The minimum Gasteiger partial charge on any atom is -0.485 e. The summed E-state index contributed by atoms with van der Waals surface area (Å²) in [5, 5.41) is 0. The van der Waals surface area contributed by atoms with E-state index in [2.05, 4.69) is 11.8 Å². The predicted octanol–water partition coefficient (Wildman–Crippen LogP) is 2.35. The van der Waals surface area contributed by atoms with Crippen LogP contribution in [0.1, 0.15) is 29.3 Å². The molecule has 1 atom stereocenters. The summed E-state index contributed by atoms with van der Waals surface area (Å²) in [4.78, 5) is 42.9. The van der Waals surface area contributed by atoms with Gasteiger partial charge in [-0.25, -0.2) is 0 Å². The van der Waals surface area contributed by atoms with Gasteiger partial charge in [0.15, 0.2) is 0 Å². The number of rotatable bonds is 6. The molecule has 0 spiro atoms. The van der Waals surface area contributed by atoms with Crippen LogP contribution in [0.25, 0.3) is 0 Å². The number of nitrogens with zero attached hydrogens (tertiary/aromatic N) is 3. The van der Waals surface area contributed by atoms with E-state index in [1.165, 1.54) is 4.90 Å². The Kier molecular flexibility index (Phi) is 5.93. The van der Waals surface area contributed by atoms with Crippen molar-refractivity contribution in [1.82, 2.24) is 9.80 Å². The van der Waals surface area contributed by atoms with Crippen LogP contribution in [0.2, 0.25) is 0 Å². The highest BCUT2D eigenvalue weighted by molar-refractivity contribution is 6.09. The van der Waals surface area contributed by atoms with Gasteiger partial charge in [-0.3, -0.25) is 19.3 Å². The summed E-state index contributed by atoms with van der Waals surface area (Å²) in [6.45, 7) is 4.18. The van der Waals surface area contributed by atoms with Gasteiger partial charge in [0.1, 0.15) is 11.9 Å². The van der Waals surface area contributed by atoms with Gasteiger partial charge >= 0.3 is 0 Å². The van der Waals surface area contributed by atoms with Crippen molar-refractivity contribution >= 4 is 23.4 Å². The zero-order chi connectivity index (χ0) is 22.0. The molecule has 0 unspecified atom stereocenters. The Hall–Kier alpha value is -3.35. The molecule has 31 heavy (non-hydrogen) atoms. The molecule has 0 saturated carbocycles. The van der Waals surface area contributed by atoms with E-state index in [9.17, 15) is 14.4 Å². The number of anilines is 1. The highest BCUT2D eigenvalue weighted by atomic mass is 16.5. The first kappa shape index (κ1) is 20.9. The van der Waals surface area contributed by atoms with E-state index in [1.807, 2.05) is 30.3 Å². The van der Waals surface area contributed by atoms with Gasteiger partial charge in [0.25, 0.3) is 5.91 Å². The number of imide groups is 1. The molecule has 0 N–H and O–H groups in total. The van der Waals surface area contributed by atoms with Crippen LogP contribution in [0.15, 0.2) is 48.5 Å². The van der Waals surface area contributed by atoms with Crippen molar-refractivity contribution in [1.29, 1.82) is 0 Å². The molecule has 3 amide bonds. The summed E-state index contributed by atoms with van der Waals surface area (Å²) in [5.41, 5.74) is 2.35. The maximum atomic E-state index is 12.7. The normalized spacial score (nSPS) is 17.7. The largest absolute Gasteiger partial charge is 0.485 e. The van der Waals surface area contributed by atoms with E-state index in [0.29, 0.717) is 18.7 Å². The first-order valence-corrected chi connectivity index (χ1v) is 10.6. The zero-order valence-electron chi connectivity index (χ0n) is 17.9. The number of benzene rings is 2. The van der Waals surface area contributed by atoms with E-state index in [0.717, 1.165) is 23.5 Å². The zero-order valence-corrected chi connectivity index (χ0v) is 17.9. The predicted molar refractivity (Wildman–Crippen MR) is 117 cm³/mol. The SMILES string of the molecule is CCN1C[C@@H](CN(C)C(=O)CCN2C(=O)Cc3ccccc3C2=O)Oc2ccccc21. The molecule has 0 bridgehead atoms. The number of carbonyl (C=O) groups excluding carboxylic acids is 3. The Balaban J connectivity index is 1.34. The molecule has 2 aromatic rings. The lowest BCUT2D eigenvalue weighted by molar-refractivity contribution is -0.132. The molecular formula is C24H27N3O4. The lowest BCUT2D eigenvalue weighted by Gasteiger charge is -2.37. The second kappa shape index (κ2) is 8.79. The summed E-state index contributed by atoms with van der Waals surface area (Å²) >= 11 is 0. The molecule has 7 heteroatoms. The molecule has 162 valence electrons. The van der Waals surface area contributed by atoms with Crippen LogP contribution in [0.5, 0.6) is 5.75 Å². The van der Waals surface area contributed by atoms with E-state index in [-0.39, 0.29) is 43.2 Å². The highest BCUT2D eigenvalue weighted by Gasteiger charge is 2.31. The second-order valence-corrected chi connectivity index (χ2v) is 7.95. The Morgan fingerprint density at radius 3 is 2.68 bits per heavy atom. The van der Waals surface area contributed by atoms with Crippen LogP contribution in [-0.4, -0.2) is 66.9 Å². The fourth-order valence-electron chi connectivity index (χ4n) is 4.21. The molecule has 2 aromatic carbocycles. The fraction of sp³-hybridized carbons (Fsp3) is 0.375. The maximum absolute atomic E-state index is 12.7. The molecule has 0 saturated heterocycles. The van der Waals surface area contributed by atoms with Crippen molar-refractivity contribution in [2.45, 2.75) is 25.9 Å². The Bertz CT molecular complexity index is 1010.